The van der Waals surface area contributed by atoms with Crippen molar-refractivity contribution in [2.45, 2.75) is 38.8 Å². The standard InChI is InChI=1S/C14H20N2O3/c1-10-3-5-12(7-10)15-9-11-4-6-14(19-2)13(8-11)16(17)18/h4,6,8,10,12,15H,3,5,7,9H2,1-2H3. The molecule has 0 heterocycles. The fraction of sp³-hybridized carbons (Fsp3) is 0.571. The molecular formula is C14H20N2O3. The number of benzene rings is 1. The maximum absolute atomic E-state index is 10.9. The minimum absolute atomic E-state index is 0.0292. The summed E-state index contributed by atoms with van der Waals surface area (Å²) in [4.78, 5) is 10.5. The number of hydrogen-bond acceptors (Lipinski definition) is 4. The van der Waals surface area contributed by atoms with E-state index in [1.807, 2.05) is 6.07 Å². The molecule has 0 aliphatic heterocycles. The Hall–Kier alpha value is -1.62. The van der Waals surface area contributed by atoms with E-state index in [2.05, 4.69) is 12.2 Å². The molecular weight excluding hydrogens is 244 g/mol. The number of hydrogen-bond donors (Lipinski definition) is 1. The first-order valence-corrected chi connectivity index (χ1v) is 6.65. The van der Waals surface area contributed by atoms with E-state index < -0.39 is 4.92 Å². The molecule has 1 fully saturated rings. The lowest BCUT2D eigenvalue weighted by atomic mass is 10.1. The van der Waals surface area contributed by atoms with Crippen LogP contribution in [-0.4, -0.2) is 18.1 Å². The van der Waals surface area contributed by atoms with Gasteiger partial charge in [0.05, 0.1) is 12.0 Å². The van der Waals surface area contributed by atoms with Crippen LogP contribution in [0.3, 0.4) is 0 Å². The van der Waals surface area contributed by atoms with Crippen LogP contribution in [0.1, 0.15) is 31.7 Å². The Balaban J connectivity index is 2.00. The van der Waals surface area contributed by atoms with Crippen molar-refractivity contribution in [1.82, 2.24) is 5.32 Å². The molecule has 0 radical (unpaired) electrons. The van der Waals surface area contributed by atoms with E-state index in [1.54, 1.807) is 12.1 Å². The second kappa shape index (κ2) is 6.02. The van der Waals surface area contributed by atoms with E-state index >= 15 is 0 Å². The minimum Gasteiger partial charge on any atom is -0.490 e. The van der Waals surface area contributed by atoms with Crippen LogP contribution in [-0.2, 0) is 6.54 Å². The molecule has 1 aliphatic carbocycles. The van der Waals surface area contributed by atoms with Crippen molar-refractivity contribution in [3.63, 3.8) is 0 Å². The summed E-state index contributed by atoms with van der Waals surface area (Å²) >= 11 is 0. The van der Waals surface area contributed by atoms with Gasteiger partial charge in [0.25, 0.3) is 0 Å². The van der Waals surface area contributed by atoms with Gasteiger partial charge < -0.3 is 10.1 Å². The maximum atomic E-state index is 10.9. The summed E-state index contributed by atoms with van der Waals surface area (Å²) in [7, 11) is 1.44. The number of nitro groups is 1. The van der Waals surface area contributed by atoms with E-state index in [4.69, 9.17) is 4.74 Å². The Kier molecular flexibility index (Phi) is 4.37. The molecule has 19 heavy (non-hydrogen) atoms. The van der Waals surface area contributed by atoms with Gasteiger partial charge in [-0.05, 0) is 36.8 Å². The van der Waals surface area contributed by atoms with Crippen LogP contribution in [0, 0.1) is 16.0 Å². The Morgan fingerprint density at radius 3 is 2.84 bits per heavy atom. The van der Waals surface area contributed by atoms with Crippen LogP contribution < -0.4 is 10.1 Å². The summed E-state index contributed by atoms with van der Waals surface area (Å²) < 4.78 is 4.99. The van der Waals surface area contributed by atoms with Gasteiger partial charge in [-0.2, -0.15) is 0 Å². The molecule has 5 heteroatoms. The van der Waals surface area contributed by atoms with E-state index in [0.717, 1.165) is 11.5 Å². The van der Waals surface area contributed by atoms with Crippen LogP contribution in [0.15, 0.2) is 18.2 Å². The first kappa shape index (κ1) is 13.8. The topological polar surface area (TPSA) is 64.4 Å². The second-order valence-electron chi connectivity index (χ2n) is 5.26. The Bertz CT molecular complexity index is 462. The Morgan fingerprint density at radius 1 is 1.47 bits per heavy atom. The molecule has 0 saturated heterocycles. The number of rotatable bonds is 5. The van der Waals surface area contributed by atoms with Gasteiger partial charge in [0.15, 0.2) is 5.75 Å². The number of nitrogens with one attached hydrogen (secondary N) is 1. The van der Waals surface area contributed by atoms with Gasteiger partial charge in [0.2, 0.25) is 0 Å². The zero-order valence-electron chi connectivity index (χ0n) is 11.4. The average Bonchev–Trinajstić information content (AvgIpc) is 2.81. The molecule has 2 atom stereocenters. The van der Waals surface area contributed by atoms with Crippen LogP contribution in [0.4, 0.5) is 5.69 Å². The van der Waals surface area contributed by atoms with Gasteiger partial charge >= 0.3 is 5.69 Å². The highest BCUT2D eigenvalue weighted by molar-refractivity contribution is 5.48. The maximum Gasteiger partial charge on any atom is 0.311 e. The summed E-state index contributed by atoms with van der Waals surface area (Å²) in [6, 6.07) is 5.66. The monoisotopic (exact) mass is 264 g/mol. The second-order valence-corrected chi connectivity index (χ2v) is 5.26. The Labute approximate surface area is 113 Å². The molecule has 0 amide bonds. The lowest BCUT2D eigenvalue weighted by Gasteiger charge is -2.12. The molecule has 0 aromatic heterocycles. The van der Waals surface area contributed by atoms with Crippen molar-refractivity contribution in [3.05, 3.63) is 33.9 Å². The fourth-order valence-electron chi connectivity index (χ4n) is 2.64. The van der Waals surface area contributed by atoms with Gasteiger partial charge in [0.1, 0.15) is 0 Å². The molecule has 1 saturated carbocycles. The molecule has 2 unspecified atom stereocenters. The number of ether oxygens (including phenoxy) is 1. The smallest absolute Gasteiger partial charge is 0.311 e. The SMILES string of the molecule is COc1ccc(CNC2CCC(C)C2)cc1[N+](=O)[O-]. The van der Waals surface area contributed by atoms with Gasteiger partial charge in [-0.25, -0.2) is 0 Å². The predicted molar refractivity (Wildman–Crippen MR) is 73.3 cm³/mol. The Morgan fingerprint density at radius 2 is 2.26 bits per heavy atom. The highest BCUT2D eigenvalue weighted by Gasteiger charge is 2.21. The number of nitro benzene ring substituents is 1. The fourth-order valence-corrected chi connectivity index (χ4v) is 2.64. The number of nitrogens with zero attached hydrogens (tertiary/aromatic N) is 1. The summed E-state index contributed by atoms with van der Waals surface area (Å²) in [5, 5.41) is 14.4. The van der Waals surface area contributed by atoms with E-state index in [-0.39, 0.29) is 5.69 Å². The minimum atomic E-state index is -0.403. The van der Waals surface area contributed by atoms with E-state index in [1.165, 1.54) is 26.4 Å². The molecule has 1 aliphatic rings. The van der Waals surface area contributed by atoms with Crippen LogP contribution >= 0.6 is 0 Å². The molecule has 1 N–H and O–H groups in total. The van der Waals surface area contributed by atoms with Crippen molar-refractivity contribution in [2.75, 3.05) is 7.11 Å². The lowest BCUT2D eigenvalue weighted by Crippen LogP contribution is -2.25. The van der Waals surface area contributed by atoms with Crippen molar-refractivity contribution < 1.29 is 9.66 Å². The van der Waals surface area contributed by atoms with Crippen molar-refractivity contribution in [2.24, 2.45) is 5.92 Å². The largest absolute Gasteiger partial charge is 0.490 e. The van der Waals surface area contributed by atoms with Crippen molar-refractivity contribution >= 4 is 5.69 Å². The molecule has 0 spiro atoms. The van der Waals surface area contributed by atoms with Crippen LogP contribution in [0.25, 0.3) is 0 Å². The van der Waals surface area contributed by atoms with Gasteiger partial charge in [0, 0.05) is 18.7 Å². The van der Waals surface area contributed by atoms with Crippen LogP contribution in [0.2, 0.25) is 0 Å². The zero-order chi connectivity index (χ0) is 13.8. The number of methoxy groups -OCH3 is 1. The molecule has 104 valence electrons. The van der Waals surface area contributed by atoms with Crippen molar-refractivity contribution in [1.29, 1.82) is 0 Å². The summed E-state index contributed by atoms with van der Waals surface area (Å²) in [6.07, 6.45) is 3.65. The quantitative estimate of drug-likeness (QED) is 0.656. The summed E-state index contributed by atoms with van der Waals surface area (Å²) in [5.74, 6) is 1.09. The molecule has 0 bridgehead atoms. The predicted octanol–water partition coefficient (Wildman–Crippen LogP) is 2.88. The first-order valence-electron chi connectivity index (χ1n) is 6.65. The summed E-state index contributed by atoms with van der Waals surface area (Å²) in [5.41, 5.74) is 0.952. The molecule has 1 aromatic rings. The highest BCUT2D eigenvalue weighted by Crippen LogP contribution is 2.28. The van der Waals surface area contributed by atoms with Gasteiger partial charge in [-0.15, -0.1) is 0 Å². The van der Waals surface area contributed by atoms with E-state index in [0.29, 0.717) is 18.3 Å². The van der Waals surface area contributed by atoms with Crippen molar-refractivity contribution in [3.8, 4) is 5.75 Å². The van der Waals surface area contributed by atoms with Gasteiger partial charge in [-0.1, -0.05) is 13.0 Å². The molecule has 2 rings (SSSR count). The third-order valence-corrected chi connectivity index (χ3v) is 3.73. The first-order chi connectivity index (χ1) is 9.10. The normalized spacial score (nSPS) is 22.4. The van der Waals surface area contributed by atoms with E-state index in [9.17, 15) is 10.1 Å². The molecule has 1 aromatic carbocycles. The highest BCUT2D eigenvalue weighted by atomic mass is 16.6. The van der Waals surface area contributed by atoms with Gasteiger partial charge in [-0.3, -0.25) is 10.1 Å². The zero-order valence-corrected chi connectivity index (χ0v) is 11.4. The lowest BCUT2D eigenvalue weighted by molar-refractivity contribution is -0.385. The average molecular weight is 264 g/mol. The van der Waals surface area contributed by atoms with Crippen LogP contribution in [0.5, 0.6) is 5.75 Å². The summed E-state index contributed by atoms with van der Waals surface area (Å²) in [6.45, 7) is 2.93. The molecule has 5 nitrogen and oxygen atoms in total. The third-order valence-electron chi connectivity index (χ3n) is 3.73. The third kappa shape index (κ3) is 3.44.